The van der Waals surface area contributed by atoms with Crippen LogP contribution in [0.1, 0.15) is 16.7 Å². The molecule has 0 spiro atoms. The van der Waals surface area contributed by atoms with Crippen LogP contribution in [0.5, 0.6) is 0 Å². The van der Waals surface area contributed by atoms with Gasteiger partial charge in [0.05, 0.1) is 5.02 Å². The number of hydrogen-bond acceptors (Lipinski definition) is 0. The quantitative estimate of drug-likeness (QED) is 0.563. The normalized spacial score (nSPS) is 10.3. The Bertz CT molecular complexity index is 266. The first-order valence-electron chi connectivity index (χ1n) is 3.46. The highest BCUT2D eigenvalue weighted by molar-refractivity contribution is 6.31. The molecule has 1 aromatic carbocycles. The summed E-state index contributed by atoms with van der Waals surface area (Å²) in [6.45, 7) is 5.41. The molecule has 0 saturated heterocycles. The number of hydrogen-bond donors (Lipinski definition) is 0. The third kappa shape index (κ3) is 1.38. The van der Waals surface area contributed by atoms with Crippen molar-refractivity contribution in [2.24, 2.45) is 0 Å². The molecular formula is C9H10ClF. The average Bonchev–Trinajstić information content (AvgIpc) is 1.97. The van der Waals surface area contributed by atoms with Gasteiger partial charge in [0.1, 0.15) is 5.82 Å². The van der Waals surface area contributed by atoms with Crippen molar-refractivity contribution in [2.75, 3.05) is 0 Å². The highest BCUT2D eigenvalue weighted by Crippen LogP contribution is 2.24. The largest absolute Gasteiger partial charge is 0.205 e. The SMILES string of the molecule is Cc1cc(C)c(Cl)c(F)c1C. The number of aryl methyl sites for hydroxylation is 2. The second-order valence-corrected chi connectivity index (χ2v) is 3.14. The van der Waals surface area contributed by atoms with Gasteiger partial charge in [-0.15, -0.1) is 0 Å². The van der Waals surface area contributed by atoms with E-state index >= 15 is 0 Å². The van der Waals surface area contributed by atoms with E-state index in [9.17, 15) is 4.39 Å². The molecule has 0 heterocycles. The van der Waals surface area contributed by atoms with Crippen molar-refractivity contribution in [1.82, 2.24) is 0 Å². The monoisotopic (exact) mass is 172 g/mol. The van der Waals surface area contributed by atoms with Crippen molar-refractivity contribution in [3.05, 3.63) is 33.6 Å². The van der Waals surface area contributed by atoms with E-state index in [1.165, 1.54) is 0 Å². The van der Waals surface area contributed by atoms with Crippen molar-refractivity contribution in [1.29, 1.82) is 0 Å². The summed E-state index contributed by atoms with van der Waals surface area (Å²) in [5.41, 5.74) is 2.39. The molecule has 0 aliphatic rings. The lowest BCUT2D eigenvalue weighted by atomic mass is 10.1. The molecule has 0 unspecified atom stereocenters. The minimum absolute atomic E-state index is 0.244. The van der Waals surface area contributed by atoms with Crippen LogP contribution in [0.3, 0.4) is 0 Å². The van der Waals surface area contributed by atoms with Crippen LogP contribution >= 0.6 is 11.6 Å². The van der Waals surface area contributed by atoms with E-state index in [1.807, 2.05) is 13.0 Å². The Kier molecular flexibility index (Phi) is 2.19. The lowest BCUT2D eigenvalue weighted by Crippen LogP contribution is -1.91. The fourth-order valence-corrected chi connectivity index (χ4v) is 1.20. The van der Waals surface area contributed by atoms with Crippen LogP contribution < -0.4 is 0 Å². The van der Waals surface area contributed by atoms with E-state index in [0.29, 0.717) is 5.56 Å². The zero-order valence-electron chi connectivity index (χ0n) is 6.83. The molecule has 0 atom stereocenters. The zero-order valence-corrected chi connectivity index (χ0v) is 7.59. The van der Waals surface area contributed by atoms with E-state index in [1.54, 1.807) is 13.8 Å². The molecule has 0 saturated carbocycles. The standard InChI is InChI=1S/C9H10ClF/c1-5-4-6(2)8(10)9(11)7(5)3/h4H,1-3H3. The number of halogens is 2. The summed E-state index contributed by atoms with van der Waals surface area (Å²) >= 11 is 5.68. The highest BCUT2D eigenvalue weighted by atomic mass is 35.5. The van der Waals surface area contributed by atoms with Crippen LogP contribution in [0.25, 0.3) is 0 Å². The molecular weight excluding hydrogens is 163 g/mol. The first kappa shape index (κ1) is 8.54. The maximum Gasteiger partial charge on any atom is 0.145 e. The minimum Gasteiger partial charge on any atom is -0.205 e. The van der Waals surface area contributed by atoms with E-state index < -0.39 is 0 Å². The van der Waals surface area contributed by atoms with E-state index in [0.717, 1.165) is 11.1 Å². The van der Waals surface area contributed by atoms with Crippen LogP contribution in [0.4, 0.5) is 4.39 Å². The van der Waals surface area contributed by atoms with E-state index in [4.69, 9.17) is 11.6 Å². The lowest BCUT2D eigenvalue weighted by molar-refractivity contribution is 0.616. The van der Waals surface area contributed by atoms with E-state index in [-0.39, 0.29) is 10.8 Å². The fourth-order valence-electron chi connectivity index (χ4n) is 1.01. The zero-order chi connectivity index (χ0) is 8.59. The van der Waals surface area contributed by atoms with Crippen LogP contribution in [0, 0.1) is 26.6 Å². The Labute approximate surface area is 71.0 Å². The van der Waals surface area contributed by atoms with Gasteiger partial charge in [-0.25, -0.2) is 4.39 Å². The lowest BCUT2D eigenvalue weighted by Gasteiger charge is -2.05. The Balaban J connectivity index is 3.46. The van der Waals surface area contributed by atoms with Gasteiger partial charge in [-0.3, -0.25) is 0 Å². The number of benzene rings is 1. The van der Waals surface area contributed by atoms with Gasteiger partial charge in [-0.2, -0.15) is 0 Å². The van der Waals surface area contributed by atoms with Gasteiger partial charge in [0, 0.05) is 0 Å². The third-order valence-electron chi connectivity index (χ3n) is 1.89. The third-order valence-corrected chi connectivity index (χ3v) is 2.36. The fraction of sp³-hybridized carbons (Fsp3) is 0.333. The first-order chi connectivity index (χ1) is 5.04. The molecule has 0 aliphatic carbocycles. The predicted molar refractivity (Wildman–Crippen MR) is 45.6 cm³/mol. The van der Waals surface area contributed by atoms with Crippen molar-refractivity contribution in [3.8, 4) is 0 Å². The van der Waals surface area contributed by atoms with Crippen LogP contribution in [0.15, 0.2) is 6.07 Å². The molecule has 0 amide bonds. The van der Waals surface area contributed by atoms with Crippen LogP contribution in [-0.2, 0) is 0 Å². The van der Waals surface area contributed by atoms with Gasteiger partial charge in [-0.05, 0) is 37.5 Å². The van der Waals surface area contributed by atoms with E-state index in [2.05, 4.69) is 0 Å². The second kappa shape index (κ2) is 2.82. The Morgan fingerprint density at radius 3 is 2.27 bits per heavy atom. The van der Waals surface area contributed by atoms with Gasteiger partial charge in [-0.1, -0.05) is 17.7 Å². The molecule has 0 nitrogen and oxygen atoms in total. The van der Waals surface area contributed by atoms with Gasteiger partial charge in [0.25, 0.3) is 0 Å². The summed E-state index contributed by atoms with van der Waals surface area (Å²) in [6, 6.07) is 1.89. The molecule has 0 fully saturated rings. The van der Waals surface area contributed by atoms with Gasteiger partial charge in [0.2, 0.25) is 0 Å². The summed E-state index contributed by atoms with van der Waals surface area (Å²) in [7, 11) is 0. The highest BCUT2D eigenvalue weighted by Gasteiger charge is 2.08. The molecule has 0 aliphatic heterocycles. The molecule has 0 radical (unpaired) electrons. The average molecular weight is 173 g/mol. The Hall–Kier alpha value is -0.560. The first-order valence-corrected chi connectivity index (χ1v) is 3.83. The second-order valence-electron chi connectivity index (χ2n) is 2.76. The van der Waals surface area contributed by atoms with Crippen LogP contribution in [0.2, 0.25) is 5.02 Å². The predicted octanol–water partition coefficient (Wildman–Crippen LogP) is 3.40. The molecule has 11 heavy (non-hydrogen) atoms. The summed E-state index contributed by atoms with van der Waals surface area (Å²) in [5, 5.41) is 0.244. The summed E-state index contributed by atoms with van der Waals surface area (Å²) < 4.78 is 13.1. The van der Waals surface area contributed by atoms with Crippen molar-refractivity contribution < 1.29 is 4.39 Å². The number of rotatable bonds is 0. The molecule has 1 aromatic rings. The molecule has 0 bridgehead atoms. The van der Waals surface area contributed by atoms with Crippen molar-refractivity contribution in [2.45, 2.75) is 20.8 Å². The van der Waals surface area contributed by atoms with Gasteiger partial charge >= 0.3 is 0 Å². The molecule has 0 aromatic heterocycles. The van der Waals surface area contributed by atoms with Gasteiger partial charge in [0.15, 0.2) is 0 Å². The maximum atomic E-state index is 13.1. The molecule has 2 heteroatoms. The topological polar surface area (TPSA) is 0 Å². The van der Waals surface area contributed by atoms with Gasteiger partial charge < -0.3 is 0 Å². The van der Waals surface area contributed by atoms with Crippen LogP contribution in [-0.4, -0.2) is 0 Å². The molecule has 60 valence electrons. The minimum atomic E-state index is -0.288. The molecule has 0 N–H and O–H groups in total. The summed E-state index contributed by atoms with van der Waals surface area (Å²) in [4.78, 5) is 0. The molecule has 1 rings (SSSR count). The summed E-state index contributed by atoms with van der Waals surface area (Å²) in [5.74, 6) is -0.288. The van der Waals surface area contributed by atoms with Crippen molar-refractivity contribution in [3.63, 3.8) is 0 Å². The summed E-state index contributed by atoms with van der Waals surface area (Å²) in [6.07, 6.45) is 0. The smallest absolute Gasteiger partial charge is 0.145 e. The Morgan fingerprint density at radius 2 is 1.73 bits per heavy atom. The maximum absolute atomic E-state index is 13.1. The van der Waals surface area contributed by atoms with Crippen molar-refractivity contribution >= 4 is 11.6 Å². The Morgan fingerprint density at radius 1 is 1.18 bits per heavy atom.